The van der Waals surface area contributed by atoms with Crippen LogP contribution < -0.4 is 10.9 Å². The van der Waals surface area contributed by atoms with Crippen molar-refractivity contribution in [1.29, 1.82) is 0 Å². The minimum atomic E-state index is -0.231. The Balaban J connectivity index is 0.00000210. The molecule has 142 valence electrons. The van der Waals surface area contributed by atoms with Crippen LogP contribution >= 0.6 is 12.4 Å². The minimum absolute atomic E-state index is 0. The molecule has 0 radical (unpaired) electrons. The summed E-state index contributed by atoms with van der Waals surface area (Å²) >= 11 is 0. The second-order valence-electron chi connectivity index (χ2n) is 6.77. The highest BCUT2D eigenvalue weighted by atomic mass is 35.5. The zero-order valence-electron chi connectivity index (χ0n) is 15.1. The molecule has 0 saturated carbocycles. The van der Waals surface area contributed by atoms with Gasteiger partial charge in [0.25, 0.3) is 5.56 Å². The first-order chi connectivity index (χ1) is 12.6. The SMILES string of the molecule is Cc1ccc2nc(CN3CCNCC3c3cccc(F)c3)cc(=O)n2c1.Cl. The van der Waals surface area contributed by atoms with Crippen LogP contribution in [0.2, 0.25) is 0 Å². The van der Waals surface area contributed by atoms with Crippen molar-refractivity contribution < 1.29 is 4.39 Å². The molecule has 1 aliphatic rings. The molecule has 3 aromatic rings. The first-order valence-electron chi connectivity index (χ1n) is 8.79. The Labute approximate surface area is 163 Å². The minimum Gasteiger partial charge on any atom is -0.314 e. The second-order valence-corrected chi connectivity index (χ2v) is 6.77. The van der Waals surface area contributed by atoms with Crippen molar-refractivity contribution in [2.45, 2.75) is 19.5 Å². The third-order valence-corrected chi connectivity index (χ3v) is 4.81. The Kier molecular flexibility index (Phi) is 5.89. The van der Waals surface area contributed by atoms with Crippen LogP contribution in [-0.2, 0) is 6.54 Å². The largest absolute Gasteiger partial charge is 0.314 e. The Hall–Kier alpha value is -2.28. The molecule has 5 nitrogen and oxygen atoms in total. The summed E-state index contributed by atoms with van der Waals surface area (Å²) in [6.45, 7) is 4.93. The molecule has 0 aliphatic carbocycles. The van der Waals surface area contributed by atoms with Gasteiger partial charge >= 0.3 is 0 Å². The highest BCUT2D eigenvalue weighted by molar-refractivity contribution is 5.85. The molecule has 0 spiro atoms. The lowest BCUT2D eigenvalue weighted by atomic mass is 10.0. The molecule has 1 atom stereocenters. The number of pyridine rings is 1. The highest BCUT2D eigenvalue weighted by Crippen LogP contribution is 2.24. The van der Waals surface area contributed by atoms with E-state index in [1.807, 2.05) is 25.1 Å². The first kappa shape index (κ1) is 19.5. The standard InChI is InChI=1S/C20H21FN4O.ClH/c1-14-5-6-19-23-17(10-20(26)25(19)12-14)13-24-8-7-22-11-18(24)15-3-2-4-16(21)9-15;/h2-6,9-10,12,18,22H,7-8,11,13H2,1H3;1H. The summed E-state index contributed by atoms with van der Waals surface area (Å²) in [6, 6.07) is 12.2. The number of hydrogen-bond acceptors (Lipinski definition) is 4. The summed E-state index contributed by atoms with van der Waals surface area (Å²) in [5.41, 5.74) is 3.26. The maximum atomic E-state index is 13.6. The zero-order chi connectivity index (χ0) is 18.1. The quantitative estimate of drug-likeness (QED) is 0.749. The van der Waals surface area contributed by atoms with Crippen molar-refractivity contribution in [2.75, 3.05) is 19.6 Å². The third kappa shape index (κ3) is 4.18. The summed E-state index contributed by atoms with van der Waals surface area (Å²) in [5, 5.41) is 3.37. The van der Waals surface area contributed by atoms with E-state index < -0.39 is 0 Å². The van der Waals surface area contributed by atoms with Crippen LogP contribution in [0.1, 0.15) is 22.9 Å². The van der Waals surface area contributed by atoms with Crippen molar-refractivity contribution in [3.8, 4) is 0 Å². The number of benzene rings is 1. The van der Waals surface area contributed by atoms with Crippen LogP contribution in [0.25, 0.3) is 5.65 Å². The number of halogens is 2. The van der Waals surface area contributed by atoms with Crippen LogP contribution in [0.4, 0.5) is 4.39 Å². The van der Waals surface area contributed by atoms with Gasteiger partial charge in [-0.15, -0.1) is 12.4 Å². The maximum absolute atomic E-state index is 13.6. The summed E-state index contributed by atoms with van der Waals surface area (Å²) in [5.74, 6) is -0.231. The van der Waals surface area contributed by atoms with Crippen molar-refractivity contribution in [3.05, 3.63) is 81.7 Å². The van der Waals surface area contributed by atoms with E-state index in [1.165, 1.54) is 6.07 Å². The van der Waals surface area contributed by atoms with Crippen molar-refractivity contribution >= 4 is 18.1 Å². The number of piperazine rings is 1. The Bertz CT molecular complexity index is 1010. The van der Waals surface area contributed by atoms with Gasteiger partial charge in [0.2, 0.25) is 0 Å². The van der Waals surface area contributed by atoms with Gasteiger partial charge in [0, 0.05) is 44.5 Å². The number of aromatic nitrogens is 2. The van der Waals surface area contributed by atoms with Crippen molar-refractivity contribution in [3.63, 3.8) is 0 Å². The molecule has 1 unspecified atom stereocenters. The van der Waals surface area contributed by atoms with E-state index >= 15 is 0 Å². The molecule has 3 heterocycles. The van der Waals surface area contributed by atoms with Crippen molar-refractivity contribution in [1.82, 2.24) is 19.6 Å². The highest BCUT2D eigenvalue weighted by Gasteiger charge is 2.24. The third-order valence-electron chi connectivity index (χ3n) is 4.81. The number of aryl methyl sites for hydroxylation is 1. The average molecular weight is 389 g/mol. The van der Waals surface area contributed by atoms with E-state index in [2.05, 4.69) is 15.2 Å². The van der Waals surface area contributed by atoms with Gasteiger partial charge < -0.3 is 5.32 Å². The molecular weight excluding hydrogens is 367 g/mol. The van der Waals surface area contributed by atoms with Crippen LogP contribution in [0.3, 0.4) is 0 Å². The summed E-state index contributed by atoms with van der Waals surface area (Å²) in [6.07, 6.45) is 1.80. The Morgan fingerprint density at radius 3 is 2.93 bits per heavy atom. The van der Waals surface area contributed by atoms with Gasteiger partial charge in [-0.2, -0.15) is 0 Å². The van der Waals surface area contributed by atoms with Gasteiger partial charge in [0.1, 0.15) is 11.5 Å². The second kappa shape index (κ2) is 8.17. The smallest absolute Gasteiger partial charge is 0.258 e. The molecule has 27 heavy (non-hydrogen) atoms. The molecule has 1 aromatic carbocycles. The van der Waals surface area contributed by atoms with E-state index in [9.17, 15) is 9.18 Å². The molecule has 7 heteroatoms. The molecule has 0 bridgehead atoms. The van der Waals surface area contributed by atoms with E-state index in [1.54, 1.807) is 28.8 Å². The van der Waals surface area contributed by atoms with E-state index in [4.69, 9.17) is 0 Å². The molecule has 1 aliphatic heterocycles. The average Bonchev–Trinajstić information content (AvgIpc) is 2.63. The first-order valence-corrected chi connectivity index (χ1v) is 8.79. The van der Waals surface area contributed by atoms with Gasteiger partial charge in [-0.1, -0.05) is 18.2 Å². The Morgan fingerprint density at radius 1 is 1.26 bits per heavy atom. The number of hydrogen-bond donors (Lipinski definition) is 1. The molecule has 1 fully saturated rings. The monoisotopic (exact) mass is 388 g/mol. The van der Waals surface area contributed by atoms with Gasteiger partial charge in [0.05, 0.1) is 5.69 Å². The summed E-state index contributed by atoms with van der Waals surface area (Å²) < 4.78 is 15.2. The fraction of sp³-hybridized carbons (Fsp3) is 0.300. The molecule has 4 rings (SSSR count). The van der Waals surface area contributed by atoms with Crippen molar-refractivity contribution in [2.24, 2.45) is 0 Å². The predicted octanol–water partition coefficient (Wildman–Crippen LogP) is 2.71. The predicted molar refractivity (Wildman–Crippen MR) is 106 cm³/mol. The maximum Gasteiger partial charge on any atom is 0.258 e. The lowest BCUT2D eigenvalue weighted by Crippen LogP contribution is -2.45. The normalized spacial score (nSPS) is 17.6. The van der Waals surface area contributed by atoms with Gasteiger partial charge in [-0.25, -0.2) is 9.37 Å². The number of fused-ring (bicyclic) bond motifs is 1. The van der Waals surface area contributed by atoms with Crippen LogP contribution in [0.5, 0.6) is 0 Å². The molecule has 0 amide bonds. The molecule has 1 saturated heterocycles. The molecule has 1 N–H and O–H groups in total. The zero-order valence-corrected chi connectivity index (χ0v) is 15.9. The lowest BCUT2D eigenvalue weighted by molar-refractivity contribution is 0.151. The number of rotatable bonds is 3. The van der Waals surface area contributed by atoms with Gasteiger partial charge in [0.15, 0.2) is 0 Å². The van der Waals surface area contributed by atoms with Gasteiger partial charge in [-0.3, -0.25) is 14.1 Å². The number of nitrogens with one attached hydrogen (secondary N) is 1. The van der Waals surface area contributed by atoms with E-state index in [0.29, 0.717) is 12.2 Å². The summed E-state index contributed by atoms with van der Waals surface area (Å²) in [7, 11) is 0. The number of nitrogens with zero attached hydrogens (tertiary/aromatic N) is 3. The summed E-state index contributed by atoms with van der Waals surface area (Å²) in [4.78, 5) is 19.3. The fourth-order valence-corrected chi connectivity index (χ4v) is 3.53. The fourth-order valence-electron chi connectivity index (χ4n) is 3.53. The van der Waals surface area contributed by atoms with Gasteiger partial charge in [-0.05, 0) is 36.2 Å². The topological polar surface area (TPSA) is 49.6 Å². The molecule has 2 aromatic heterocycles. The Morgan fingerprint density at radius 2 is 2.11 bits per heavy atom. The lowest BCUT2D eigenvalue weighted by Gasteiger charge is -2.36. The van der Waals surface area contributed by atoms with Crippen LogP contribution in [-0.4, -0.2) is 33.9 Å². The van der Waals surface area contributed by atoms with Crippen LogP contribution in [0, 0.1) is 12.7 Å². The van der Waals surface area contributed by atoms with E-state index in [0.717, 1.165) is 36.5 Å². The van der Waals surface area contributed by atoms with Crippen LogP contribution in [0.15, 0.2) is 53.5 Å². The van der Waals surface area contributed by atoms with E-state index in [-0.39, 0.29) is 29.8 Å². The molecular formula is C20H22ClFN4O.